The van der Waals surface area contributed by atoms with Crippen molar-refractivity contribution in [2.75, 3.05) is 0 Å². The highest BCUT2D eigenvalue weighted by molar-refractivity contribution is 5.37. The Balaban J connectivity index is 2.12. The molecule has 96 valence electrons. The molecule has 3 heterocycles. The molecule has 1 aliphatic carbocycles. The highest BCUT2D eigenvalue weighted by Crippen LogP contribution is 2.34. The third-order valence-corrected chi connectivity index (χ3v) is 4.09. The van der Waals surface area contributed by atoms with Crippen molar-refractivity contribution in [3.8, 4) is 0 Å². The highest BCUT2D eigenvalue weighted by Gasteiger charge is 2.33. The molecule has 0 saturated carbocycles. The number of hydrogen-bond acceptors (Lipinski definition) is 2. The van der Waals surface area contributed by atoms with Crippen molar-refractivity contribution in [1.82, 2.24) is 13.9 Å². The average Bonchev–Trinajstić information content (AvgIpc) is 2.63. The second kappa shape index (κ2) is 3.38. The number of aromatic nitrogens is 3. The molecular formula is C14H13N3O2. The summed E-state index contributed by atoms with van der Waals surface area (Å²) < 4.78 is 4.35. The Morgan fingerprint density at radius 2 is 1.79 bits per heavy atom. The van der Waals surface area contributed by atoms with Crippen molar-refractivity contribution in [2.24, 2.45) is 7.05 Å². The molecule has 2 aliphatic heterocycles. The molecule has 0 spiro atoms. The van der Waals surface area contributed by atoms with Gasteiger partial charge in [0.15, 0.2) is 0 Å². The lowest BCUT2D eigenvalue weighted by Gasteiger charge is -2.22. The van der Waals surface area contributed by atoms with Gasteiger partial charge in [-0.2, -0.15) is 0 Å². The maximum atomic E-state index is 12.3. The number of benzene rings is 1. The van der Waals surface area contributed by atoms with Crippen LogP contribution in [0.4, 0.5) is 0 Å². The van der Waals surface area contributed by atoms with Crippen LogP contribution < -0.4 is 11.4 Å². The largest absolute Gasteiger partial charge is 0.347 e. The zero-order chi connectivity index (χ0) is 13.1. The summed E-state index contributed by atoms with van der Waals surface area (Å²) in [6.45, 7) is 0. The Labute approximate surface area is 109 Å². The standard InChI is InChI=1S/C14H13N3O2/c1-15-13(18)16-10-6-7-12(17(16)14(15)19)11-5-3-2-4-9(11)8-10/h2-7,10,12H,8H2,1H3. The van der Waals surface area contributed by atoms with Crippen molar-refractivity contribution >= 4 is 0 Å². The Morgan fingerprint density at radius 1 is 1.05 bits per heavy atom. The Hall–Kier alpha value is -2.30. The molecule has 0 radical (unpaired) electrons. The average molecular weight is 255 g/mol. The second-order valence-corrected chi connectivity index (χ2v) is 5.11. The van der Waals surface area contributed by atoms with E-state index in [0.29, 0.717) is 0 Å². The maximum Gasteiger partial charge on any atom is 0.347 e. The molecule has 5 nitrogen and oxygen atoms in total. The third kappa shape index (κ3) is 1.19. The van der Waals surface area contributed by atoms with Gasteiger partial charge in [0.25, 0.3) is 0 Å². The third-order valence-electron chi connectivity index (χ3n) is 4.09. The van der Waals surface area contributed by atoms with Crippen LogP contribution in [0.1, 0.15) is 23.2 Å². The van der Waals surface area contributed by atoms with Crippen molar-refractivity contribution in [2.45, 2.75) is 18.5 Å². The first-order valence-corrected chi connectivity index (χ1v) is 6.34. The van der Waals surface area contributed by atoms with E-state index in [0.717, 1.165) is 12.0 Å². The van der Waals surface area contributed by atoms with Crippen LogP contribution in [0, 0.1) is 0 Å². The van der Waals surface area contributed by atoms with E-state index in [-0.39, 0.29) is 23.5 Å². The fraction of sp³-hybridized carbons (Fsp3) is 0.286. The van der Waals surface area contributed by atoms with Gasteiger partial charge in [-0.3, -0.25) is 0 Å². The minimum Gasteiger partial charge on any atom is -0.246 e. The molecule has 2 unspecified atom stereocenters. The molecule has 5 heteroatoms. The van der Waals surface area contributed by atoms with E-state index in [4.69, 9.17) is 0 Å². The van der Waals surface area contributed by atoms with Crippen LogP contribution in [-0.2, 0) is 13.5 Å². The first kappa shape index (κ1) is 10.6. The minimum absolute atomic E-state index is 0.0682. The van der Waals surface area contributed by atoms with E-state index in [2.05, 4.69) is 6.07 Å². The summed E-state index contributed by atoms with van der Waals surface area (Å²) in [5.74, 6) is 0. The van der Waals surface area contributed by atoms with Crippen molar-refractivity contribution in [1.29, 1.82) is 0 Å². The molecule has 2 bridgehead atoms. The van der Waals surface area contributed by atoms with Gasteiger partial charge < -0.3 is 0 Å². The predicted octanol–water partition coefficient (Wildman–Crippen LogP) is 0.605. The predicted molar refractivity (Wildman–Crippen MR) is 70.4 cm³/mol. The molecule has 1 aromatic heterocycles. The van der Waals surface area contributed by atoms with Gasteiger partial charge in [-0.05, 0) is 17.5 Å². The van der Waals surface area contributed by atoms with Gasteiger partial charge in [0.1, 0.15) is 0 Å². The number of rotatable bonds is 0. The SMILES string of the molecule is Cn1c(=O)n2n(c1=O)C1C=CC2Cc2ccccc21. The van der Waals surface area contributed by atoms with Crippen LogP contribution in [0.2, 0.25) is 0 Å². The summed E-state index contributed by atoms with van der Waals surface area (Å²) in [6, 6.07) is 7.84. The summed E-state index contributed by atoms with van der Waals surface area (Å²) in [6.07, 6.45) is 4.81. The smallest absolute Gasteiger partial charge is 0.246 e. The lowest BCUT2D eigenvalue weighted by atomic mass is 10.00. The van der Waals surface area contributed by atoms with Crippen molar-refractivity contribution in [3.05, 3.63) is 68.5 Å². The molecule has 2 aromatic rings. The van der Waals surface area contributed by atoms with Gasteiger partial charge in [0, 0.05) is 7.05 Å². The summed E-state index contributed by atoms with van der Waals surface area (Å²) in [5.41, 5.74) is 1.83. The van der Waals surface area contributed by atoms with E-state index in [1.807, 2.05) is 30.4 Å². The van der Waals surface area contributed by atoms with Gasteiger partial charge >= 0.3 is 11.4 Å². The molecule has 5 rings (SSSR count). The second-order valence-electron chi connectivity index (χ2n) is 5.11. The van der Waals surface area contributed by atoms with Gasteiger partial charge in [0.2, 0.25) is 0 Å². The number of hydrogen-bond donors (Lipinski definition) is 0. The lowest BCUT2D eigenvalue weighted by Crippen LogP contribution is -2.34. The van der Waals surface area contributed by atoms with Crippen LogP contribution >= 0.6 is 0 Å². The van der Waals surface area contributed by atoms with Gasteiger partial charge in [0.05, 0.1) is 12.1 Å². The molecule has 2 atom stereocenters. The topological polar surface area (TPSA) is 48.9 Å². The Bertz CT molecular complexity index is 822. The minimum atomic E-state index is -0.249. The summed E-state index contributed by atoms with van der Waals surface area (Å²) in [5, 5.41) is 0. The van der Waals surface area contributed by atoms with E-state index in [9.17, 15) is 9.59 Å². The summed E-state index contributed by atoms with van der Waals surface area (Å²) >= 11 is 0. The molecule has 0 N–H and O–H groups in total. The number of allylic oxidation sites excluding steroid dienone is 2. The van der Waals surface area contributed by atoms with E-state index in [1.165, 1.54) is 17.2 Å². The quantitative estimate of drug-likeness (QED) is 0.647. The fourth-order valence-electron chi connectivity index (χ4n) is 3.15. The molecule has 0 amide bonds. The molecule has 0 saturated heterocycles. The molecule has 3 aliphatic rings. The first-order chi connectivity index (χ1) is 9.18. The van der Waals surface area contributed by atoms with Crippen LogP contribution in [0.15, 0.2) is 46.0 Å². The van der Waals surface area contributed by atoms with Gasteiger partial charge in [-0.25, -0.2) is 23.5 Å². The monoisotopic (exact) mass is 255 g/mol. The molecule has 0 fully saturated rings. The zero-order valence-corrected chi connectivity index (χ0v) is 10.5. The number of nitrogens with zero attached hydrogens (tertiary/aromatic N) is 3. The Morgan fingerprint density at radius 3 is 2.63 bits per heavy atom. The normalized spacial score (nSPS) is 23.0. The van der Waals surface area contributed by atoms with E-state index >= 15 is 0 Å². The van der Waals surface area contributed by atoms with Crippen LogP contribution in [-0.4, -0.2) is 13.9 Å². The lowest BCUT2D eigenvalue weighted by molar-refractivity contribution is 0.388. The molecule has 19 heavy (non-hydrogen) atoms. The summed E-state index contributed by atoms with van der Waals surface area (Å²) in [4.78, 5) is 24.5. The zero-order valence-electron chi connectivity index (χ0n) is 10.5. The van der Waals surface area contributed by atoms with Gasteiger partial charge in [-0.15, -0.1) is 0 Å². The van der Waals surface area contributed by atoms with Crippen LogP contribution in [0.3, 0.4) is 0 Å². The van der Waals surface area contributed by atoms with Crippen LogP contribution in [0.5, 0.6) is 0 Å². The summed E-state index contributed by atoms with van der Waals surface area (Å²) in [7, 11) is 1.53. The fourth-order valence-corrected chi connectivity index (χ4v) is 3.15. The first-order valence-electron chi connectivity index (χ1n) is 6.34. The Kier molecular flexibility index (Phi) is 1.88. The van der Waals surface area contributed by atoms with E-state index in [1.54, 1.807) is 9.36 Å². The molecule has 1 aromatic carbocycles. The van der Waals surface area contributed by atoms with E-state index < -0.39 is 0 Å². The maximum absolute atomic E-state index is 12.3. The van der Waals surface area contributed by atoms with Crippen molar-refractivity contribution < 1.29 is 0 Å². The molecular weight excluding hydrogens is 242 g/mol. The van der Waals surface area contributed by atoms with Gasteiger partial charge in [-0.1, -0.05) is 36.4 Å². The van der Waals surface area contributed by atoms with Crippen LogP contribution in [0.25, 0.3) is 0 Å². The van der Waals surface area contributed by atoms with Crippen molar-refractivity contribution in [3.63, 3.8) is 0 Å². The highest BCUT2D eigenvalue weighted by atomic mass is 16.2.